The summed E-state index contributed by atoms with van der Waals surface area (Å²) in [5.41, 5.74) is 3.31. The third-order valence-electron chi connectivity index (χ3n) is 5.57. The molecule has 2 aromatic carbocycles. The first kappa shape index (κ1) is 20.7. The number of carbonyl (C=O) groups excluding carboxylic acids is 1. The van der Waals surface area contributed by atoms with Gasteiger partial charge in [-0.25, -0.2) is 4.98 Å². The van der Waals surface area contributed by atoms with E-state index in [1.165, 1.54) is 5.69 Å². The van der Waals surface area contributed by atoms with Crippen molar-refractivity contribution in [3.8, 4) is 0 Å². The zero-order valence-corrected chi connectivity index (χ0v) is 17.8. The third-order valence-corrected chi connectivity index (χ3v) is 5.57. The number of nitrogens with zero attached hydrogens (tertiary/aromatic N) is 3. The van der Waals surface area contributed by atoms with Gasteiger partial charge in [0.15, 0.2) is 0 Å². The van der Waals surface area contributed by atoms with Gasteiger partial charge in [-0.1, -0.05) is 48.5 Å². The summed E-state index contributed by atoms with van der Waals surface area (Å²) in [7, 11) is 0. The van der Waals surface area contributed by atoms with E-state index in [1.807, 2.05) is 61.7 Å². The van der Waals surface area contributed by atoms with Crippen LogP contribution in [-0.2, 0) is 4.79 Å². The maximum atomic E-state index is 12.3. The number of rotatable bonds is 6. The molecule has 4 rings (SSSR count). The molecule has 158 valence electrons. The number of nitrogens with one attached hydrogen (secondary N) is 1. The first-order valence-corrected chi connectivity index (χ1v) is 10.7. The zero-order chi connectivity index (χ0) is 21.5. The van der Waals surface area contributed by atoms with Crippen LogP contribution in [0.1, 0.15) is 24.1 Å². The van der Waals surface area contributed by atoms with Crippen molar-refractivity contribution in [3.05, 3.63) is 96.2 Å². The van der Waals surface area contributed by atoms with E-state index in [1.54, 1.807) is 6.08 Å². The zero-order valence-electron chi connectivity index (χ0n) is 17.8. The minimum atomic E-state index is -0.0919. The SMILES string of the molecule is CC(NC(=O)C=Cc1ccccc1)c1cccc(N2CCN(c3ccccn3)CC2)c1. The molecule has 1 saturated heterocycles. The number of amides is 1. The lowest BCUT2D eigenvalue weighted by Gasteiger charge is -2.37. The van der Waals surface area contributed by atoms with E-state index in [2.05, 4.69) is 50.4 Å². The number of carbonyl (C=O) groups is 1. The van der Waals surface area contributed by atoms with Gasteiger partial charge in [-0.15, -0.1) is 0 Å². The summed E-state index contributed by atoms with van der Waals surface area (Å²) in [5.74, 6) is 0.946. The maximum absolute atomic E-state index is 12.3. The summed E-state index contributed by atoms with van der Waals surface area (Å²) in [5, 5.41) is 3.06. The largest absolute Gasteiger partial charge is 0.368 e. The number of anilines is 2. The van der Waals surface area contributed by atoms with Crippen LogP contribution in [0.2, 0.25) is 0 Å². The molecule has 1 aromatic heterocycles. The van der Waals surface area contributed by atoms with Crippen LogP contribution < -0.4 is 15.1 Å². The highest BCUT2D eigenvalue weighted by Gasteiger charge is 2.19. The lowest BCUT2D eigenvalue weighted by atomic mass is 10.1. The predicted molar refractivity (Wildman–Crippen MR) is 127 cm³/mol. The van der Waals surface area contributed by atoms with Gasteiger partial charge in [-0.05, 0) is 48.4 Å². The quantitative estimate of drug-likeness (QED) is 0.614. The van der Waals surface area contributed by atoms with Gasteiger partial charge in [0.2, 0.25) is 5.91 Å². The van der Waals surface area contributed by atoms with Crippen molar-refractivity contribution in [1.29, 1.82) is 0 Å². The third kappa shape index (κ3) is 5.51. The number of pyridine rings is 1. The first-order chi connectivity index (χ1) is 15.2. The van der Waals surface area contributed by atoms with Crippen molar-refractivity contribution in [2.24, 2.45) is 0 Å². The first-order valence-electron chi connectivity index (χ1n) is 10.7. The van der Waals surface area contributed by atoms with E-state index in [0.29, 0.717) is 0 Å². The molecule has 1 amide bonds. The molecule has 0 bridgehead atoms. The van der Waals surface area contributed by atoms with Crippen LogP contribution in [0.3, 0.4) is 0 Å². The predicted octanol–water partition coefficient (Wildman–Crippen LogP) is 4.30. The van der Waals surface area contributed by atoms with Crippen LogP contribution in [0.15, 0.2) is 85.1 Å². The Hall–Kier alpha value is -3.60. The second-order valence-corrected chi connectivity index (χ2v) is 7.73. The topological polar surface area (TPSA) is 48.5 Å². The Labute approximate surface area is 184 Å². The maximum Gasteiger partial charge on any atom is 0.244 e. The highest BCUT2D eigenvalue weighted by molar-refractivity contribution is 5.92. The summed E-state index contributed by atoms with van der Waals surface area (Å²) in [6.07, 6.45) is 5.27. The van der Waals surface area contributed by atoms with E-state index in [0.717, 1.165) is 43.1 Å². The minimum absolute atomic E-state index is 0.0670. The fourth-order valence-electron chi connectivity index (χ4n) is 3.81. The van der Waals surface area contributed by atoms with Gasteiger partial charge in [-0.3, -0.25) is 4.79 Å². The van der Waals surface area contributed by atoms with Crippen LogP contribution in [0.4, 0.5) is 11.5 Å². The van der Waals surface area contributed by atoms with Crippen molar-refractivity contribution in [1.82, 2.24) is 10.3 Å². The van der Waals surface area contributed by atoms with Gasteiger partial charge in [0.05, 0.1) is 6.04 Å². The Kier molecular flexibility index (Phi) is 6.62. The van der Waals surface area contributed by atoms with Crippen molar-refractivity contribution in [2.75, 3.05) is 36.0 Å². The summed E-state index contributed by atoms with van der Waals surface area (Å²) in [4.78, 5) is 21.5. The van der Waals surface area contributed by atoms with Gasteiger partial charge in [0.25, 0.3) is 0 Å². The highest BCUT2D eigenvalue weighted by Crippen LogP contribution is 2.23. The molecule has 2 heterocycles. The molecule has 31 heavy (non-hydrogen) atoms. The van der Waals surface area contributed by atoms with Crippen molar-refractivity contribution in [3.63, 3.8) is 0 Å². The average molecular weight is 413 g/mol. The molecule has 5 heteroatoms. The van der Waals surface area contributed by atoms with Crippen LogP contribution in [0.5, 0.6) is 0 Å². The van der Waals surface area contributed by atoms with Crippen molar-refractivity contribution < 1.29 is 4.79 Å². The number of benzene rings is 2. The average Bonchev–Trinajstić information content (AvgIpc) is 2.84. The number of aromatic nitrogens is 1. The van der Waals surface area contributed by atoms with Crippen LogP contribution in [0.25, 0.3) is 6.08 Å². The lowest BCUT2D eigenvalue weighted by Crippen LogP contribution is -2.46. The number of piperazine rings is 1. The molecule has 0 saturated carbocycles. The van der Waals surface area contributed by atoms with E-state index < -0.39 is 0 Å². The molecular formula is C26H28N4O. The molecule has 5 nitrogen and oxygen atoms in total. The second-order valence-electron chi connectivity index (χ2n) is 7.73. The Morgan fingerprint density at radius 2 is 1.68 bits per heavy atom. The van der Waals surface area contributed by atoms with Crippen molar-refractivity contribution in [2.45, 2.75) is 13.0 Å². The smallest absolute Gasteiger partial charge is 0.244 e. The Morgan fingerprint density at radius 3 is 2.42 bits per heavy atom. The molecule has 1 aliphatic rings. The molecule has 0 spiro atoms. The molecule has 1 N–H and O–H groups in total. The number of hydrogen-bond donors (Lipinski definition) is 1. The fourth-order valence-corrected chi connectivity index (χ4v) is 3.81. The summed E-state index contributed by atoms with van der Waals surface area (Å²) in [6.45, 7) is 5.79. The van der Waals surface area contributed by atoms with Gasteiger partial charge >= 0.3 is 0 Å². The fraction of sp³-hybridized carbons (Fsp3) is 0.231. The summed E-state index contributed by atoms with van der Waals surface area (Å²) < 4.78 is 0. The molecule has 1 aliphatic heterocycles. The summed E-state index contributed by atoms with van der Waals surface area (Å²) in [6, 6.07) is 24.3. The van der Waals surface area contributed by atoms with Gasteiger partial charge in [0, 0.05) is 44.1 Å². The van der Waals surface area contributed by atoms with Gasteiger partial charge < -0.3 is 15.1 Å². The molecule has 0 radical (unpaired) electrons. The van der Waals surface area contributed by atoms with Crippen LogP contribution in [0, 0.1) is 0 Å². The standard InChI is InChI=1S/C26H28N4O/c1-21(28-26(31)14-13-22-8-3-2-4-9-22)23-10-7-11-24(20-23)29-16-18-30(19-17-29)25-12-5-6-15-27-25/h2-15,20-21H,16-19H2,1H3,(H,28,31). The Bertz CT molecular complexity index is 1010. The number of hydrogen-bond acceptors (Lipinski definition) is 4. The second kappa shape index (κ2) is 9.94. The molecular weight excluding hydrogens is 384 g/mol. The molecule has 1 unspecified atom stereocenters. The van der Waals surface area contributed by atoms with Gasteiger partial charge in [-0.2, -0.15) is 0 Å². The van der Waals surface area contributed by atoms with E-state index in [4.69, 9.17) is 0 Å². The summed E-state index contributed by atoms with van der Waals surface area (Å²) >= 11 is 0. The van der Waals surface area contributed by atoms with Crippen LogP contribution >= 0.6 is 0 Å². The molecule has 0 aliphatic carbocycles. The van der Waals surface area contributed by atoms with Gasteiger partial charge in [0.1, 0.15) is 5.82 Å². The monoisotopic (exact) mass is 412 g/mol. The van der Waals surface area contributed by atoms with E-state index >= 15 is 0 Å². The molecule has 3 aromatic rings. The lowest BCUT2D eigenvalue weighted by molar-refractivity contribution is -0.117. The molecule has 1 fully saturated rings. The highest BCUT2D eigenvalue weighted by atomic mass is 16.1. The van der Waals surface area contributed by atoms with E-state index in [-0.39, 0.29) is 11.9 Å². The van der Waals surface area contributed by atoms with Crippen molar-refractivity contribution >= 4 is 23.5 Å². The molecule has 1 atom stereocenters. The normalized spacial score (nSPS) is 15.1. The Morgan fingerprint density at radius 1 is 0.935 bits per heavy atom. The van der Waals surface area contributed by atoms with E-state index in [9.17, 15) is 4.79 Å². The Balaban J connectivity index is 1.34. The minimum Gasteiger partial charge on any atom is -0.368 e. The van der Waals surface area contributed by atoms with Crippen LogP contribution in [-0.4, -0.2) is 37.1 Å².